The zero-order valence-corrected chi connectivity index (χ0v) is 14.7. The third kappa shape index (κ3) is 4.70. The summed E-state index contributed by atoms with van der Waals surface area (Å²) in [5.74, 6) is 1.83. The van der Waals surface area contributed by atoms with Crippen molar-refractivity contribution in [3.05, 3.63) is 29.8 Å². The van der Waals surface area contributed by atoms with E-state index >= 15 is 0 Å². The number of rotatable bonds is 7. The van der Waals surface area contributed by atoms with Gasteiger partial charge in [-0.1, -0.05) is 42.2 Å². The Labute approximate surface area is 142 Å². The Hall–Kier alpha value is -2.06. The van der Waals surface area contributed by atoms with Crippen molar-refractivity contribution in [2.45, 2.75) is 11.3 Å². The van der Waals surface area contributed by atoms with Gasteiger partial charge in [-0.3, -0.25) is 10.1 Å². The largest absolute Gasteiger partial charge is 0.493 e. The van der Waals surface area contributed by atoms with Gasteiger partial charge in [0, 0.05) is 11.6 Å². The molecule has 1 heterocycles. The summed E-state index contributed by atoms with van der Waals surface area (Å²) in [6.45, 7) is 2.04. The van der Waals surface area contributed by atoms with Crippen LogP contribution in [0, 0.1) is 0 Å². The van der Waals surface area contributed by atoms with Crippen molar-refractivity contribution >= 4 is 40.2 Å². The lowest BCUT2D eigenvalue weighted by Crippen LogP contribution is -2.07. The monoisotopic (exact) mass is 351 g/mol. The number of para-hydroxylation sites is 1. The first-order valence-electron chi connectivity index (χ1n) is 6.84. The third-order valence-electron chi connectivity index (χ3n) is 2.75. The van der Waals surface area contributed by atoms with Crippen molar-refractivity contribution in [3.8, 4) is 11.5 Å². The zero-order chi connectivity index (χ0) is 16.7. The summed E-state index contributed by atoms with van der Waals surface area (Å²) in [4.78, 5) is 12.0. The van der Waals surface area contributed by atoms with Gasteiger partial charge in [-0.15, -0.1) is 10.2 Å². The fourth-order valence-corrected chi connectivity index (χ4v) is 3.45. The molecule has 6 nitrogen and oxygen atoms in total. The highest BCUT2D eigenvalue weighted by Gasteiger charge is 2.09. The molecule has 0 saturated carbocycles. The highest BCUT2D eigenvalue weighted by atomic mass is 32.2. The Morgan fingerprint density at radius 2 is 2.17 bits per heavy atom. The SMILES string of the molecule is CCSc1nnc(NC(=O)/C=C/c2cccc(OC)c2OC)s1. The minimum atomic E-state index is -0.279. The lowest BCUT2D eigenvalue weighted by molar-refractivity contribution is -0.111. The van der Waals surface area contributed by atoms with Gasteiger partial charge in [0.25, 0.3) is 0 Å². The summed E-state index contributed by atoms with van der Waals surface area (Å²) in [6.07, 6.45) is 3.09. The van der Waals surface area contributed by atoms with Gasteiger partial charge in [0.15, 0.2) is 15.8 Å². The number of carbonyl (C=O) groups excluding carboxylic acids is 1. The summed E-state index contributed by atoms with van der Waals surface area (Å²) in [5.41, 5.74) is 0.751. The number of benzene rings is 1. The van der Waals surface area contributed by atoms with Gasteiger partial charge in [-0.2, -0.15) is 0 Å². The van der Waals surface area contributed by atoms with E-state index in [4.69, 9.17) is 9.47 Å². The molecule has 0 unspecified atom stereocenters. The molecule has 0 spiro atoms. The number of amides is 1. The standard InChI is InChI=1S/C15H17N3O3S2/c1-4-22-15-18-17-14(23-15)16-12(19)9-8-10-6-5-7-11(20-2)13(10)21-3/h5-9H,4H2,1-3H3,(H,16,17,19)/b9-8+. The fraction of sp³-hybridized carbons (Fsp3) is 0.267. The maximum Gasteiger partial charge on any atom is 0.250 e. The van der Waals surface area contributed by atoms with Crippen LogP contribution in [0.25, 0.3) is 6.08 Å². The molecule has 2 rings (SSSR count). The predicted molar refractivity (Wildman–Crippen MR) is 93.5 cm³/mol. The van der Waals surface area contributed by atoms with Crippen LogP contribution in [0.5, 0.6) is 11.5 Å². The highest BCUT2D eigenvalue weighted by molar-refractivity contribution is 8.01. The number of nitrogens with one attached hydrogen (secondary N) is 1. The van der Waals surface area contributed by atoms with Crippen molar-refractivity contribution < 1.29 is 14.3 Å². The molecule has 0 aliphatic rings. The first-order chi connectivity index (χ1) is 11.2. The van der Waals surface area contributed by atoms with E-state index < -0.39 is 0 Å². The zero-order valence-electron chi connectivity index (χ0n) is 13.0. The smallest absolute Gasteiger partial charge is 0.250 e. The Morgan fingerprint density at radius 3 is 2.87 bits per heavy atom. The van der Waals surface area contributed by atoms with E-state index in [1.807, 2.05) is 19.1 Å². The van der Waals surface area contributed by atoms with Crippen LogP contribution < -0.4 is 14.8 Å². The minimum absolute atomic E-state index is 0.279. The number of hydrogen-bond donors (Lipinski definition) is 1. The molecule has 0 radical (unpaired) electrons. The van der Waals surface area contributed by atoms with E-state index in [1.165, 1.54) is 17.4 Å². The summed E-state index contributed by atoms with van der Waals surface area (Å²) >= 11 is 2.94. The first kappa shape index (κ1) is 17.3. The number of anilines is 1. The van der Waals surface area contributed by atoms with E-state index in [9.17, 15) is 4.79 Å². The van der Waals surface area contributed by atoms with E-state index in [-0.39, 0.29) is 5.91 Å². The topological polar surface area (TPSA) is 73.3 Å². The number of thioether (sulfide) groups is 1. The van der Waals surface area contributed by atoms with Crippen molar-refractivity contribution in [1.82, 2.24) is 10.2 Å². The molecule has 122 valence electrons. The normalized spacial score (nSPS) is 10.7. The van der Waals surface area contributed by atoms with Gasteiger partial charge < -0.3 is 9.47 Å². The molecular weight excluding hydrogens is 334 g/mol. The molecular formula is C15H17N3O3S2. The van der Waals surface area contributed by atoms with Crippen LogP contribution in [0.2, 0.25) is 0 Å². The molecule has 1 aromatic carbocycles. The highest BCUT2D eigenvalue weighted by Crippen LogP contribution is 2.31. The van der Waals surface area contributed by atoms with E-state index in [0.717, 1.165) is 15.7 Å². The van der Waals surface area contributed by atoms with E-state index in [0.29, 0.717) is 16.6 Å². The quantitative estimate of drug-likeness (QED) is 0.469. The lowest BCUT2D eigenvalue weighted by atomic mass is 10.1. The van der Waals surface area contributed by atoms with Crippen LogP contribution in [0.4, 0.5) is 5.13 Å². The summed E-state index contributed by atoms with van der Waals surface area (Å²) in [5, 5.41) is 11.1. The Balaban J connectivity index is 2.06. The molecule has 0 aliphatic heterocycles. The molecule has 8 heteroatoms. The number of methoxy groups -OCH3 is 2. The summed E-state index contributed by atoms with van der Waals surface area (Å²) in [7, 11) is 3.13. The van der Waals surface area contributed by atoms with E-state index in [2.05, 4.69) is 15.5 Å². The fourth-order valence-electron chi connectivity index (χ4n) is 1.80. The van der Waals surface area contributed by atoms with Gasteiger partial charge in [0.2, 0.25) is 11.0 Å². The van der Waals surface area contributed by atoms with Crippen LogP contribution in [0.15, 0.2) is 28.6 Å². The summed E-state index contributed by atoms with van der Waals surface area (Å²) < 4.78 is 11.4. The number of carbonyl (C=O) groups is 1. The van der Waals surface area contributed by atoms with Crippen molar-refractivity contribution in [2.24, 2.45) is 0 Å². The van der Waals surface area contributed by atoms with Crippen molar-refractivity contribution in [3.63, 3.8) is 0 Å². The van der Waals surface area contributed by atoms with Crippen LogP contribution >= 0.6 is 23.1 Å². The minimum Gasteiger partial charge on any atom is -0.493 e. The van der Waals surface area contributed by atoms with Crippen LogP contribution in [-0.2, 0) is 4.79 Å². The van der Waals surface area contributed by atoms with Gasteiger partial charge in [0.1, 0.15) is 0 Å². The van der Waals surface area contributed by atoms with Gasteiger partial charge in [-0.05, 0) is 17.9 Å². The maximum atomic E-state index is 12.0. The number of nitrogens with zero attached hydrogens (tertiary/aromatic N) is 2. The van der Waals surface area contributed by atoms with Crippen LogP contribution in [0.3, 0.4) is 0 Å². The predicted octanol–water partition coefficient (Wildman–Crippen LogP) is 3.32. The van der Waals surface area contributed by atoms with Gasteiger partial charge in [-0.25, -0.2) is 0 Å². The van der Waals surface area contributed by atoms with Crippen molar-refractivity contribution in [2.75, 3.05) is 25.3 Å². The molecule has 1 N–H and O–H groups in total. The molecule has 1 aromatic heterocycles. The molecule has 1 amide bonds. The molecule has 0 saturated heterocycles. The molecule has 0 aliphatic carbocycles. The third-order valence-corrected chi connectivity index (χ3v) is 4.61. The van der Waals surface area contributed by atoms with E-state index in [1.54, 1.807) is 38.1 Å². The second kappa shape index (κ2) is 8.54. The summed E-state index contributed by atoms with van der Waals surface area (Å²) in [6, 6.07) is 5.47. The van der Waals surface area contributed by atoms with Gasteiger partial charge in [0.05, 0.1) is 14.2 Å². The Kier molecular flexibility index (Phi) is 6.42. The Bertz CT molecular complexity index is 701. The Morgan fingerprint density at radius 1 is 1.35 bits per heavy atom. The molecule has 2 aromatic rings. The molecule has 23 heavy (non-hydrogen) atoms. The molecule has 0 fully saturated rings. The maximum absolute atomic E-state index is 12.0. The lowest BCUT2D eigenvalue weighted by Gasteiger charge is -2.09. The van der Waals surface area contributed by atoms with Crippen molar-refractivity contribution in [1.29, 1.82) is 0 Å². The first-order valence-corrected chi connectivity index (χ1v) is 8.64. The van der Waals surface area contributed by atoms with Gasteiger partial charge >= 0.3 is 0 Å². The average Bonchev–Trinajstić information content (AvgIpc) is 2.99. The number of ether oxygens (including phenoxy) is 2. The average molecular weight is 351 g/mol. The number of aromatic nitrogens is 2. The number of hydrogen-bond acceptors (Lipinski definition) is 7. The molecule has 0 bridgehead atoms. The second-order valence-corrected chi connectivity index (χ2v) is 6.70. The van der Waals surface area contributed by atoms with Crippen LogP contribution in [0.1, 0.15) is 12.5 Å². The molecule has 0 atom stereocenters. The second-order valence-electron chi connectivity index (χ2n) is 4.21. The van der Waals surface area contributed by atoms with Crippen LogP contribution in [-0.4, -0.2) is 36.1 Å².